The molecule has 0 bridgehead atoms. The Hall–Kier alpha value is -2.80. The monoisotopic (exact) mass is 298 g/mol. The second-order valence-corrected chi connectivity index (χ2v) is 5.77. The third-order valence-electron chi connectivity index (χ3n) is 3.86. The Bertz CT molecular complexity index is 770. The van der Waals surface area contributed by atoms with Crippen LogP contribution in [0.3, 0.4) is 0 Å². The van der Waals surface area contributed by atoms with E-state index in [2.05, 4.69) is 79.4 Å². The second-order valence-electron chi connectivity index (χ2n) is 5.77. The minimum atomic E-state index is 1.02. The van der Waals surface area contributed by atoms with E-state index in [0.29, 0.717) is 0 Å². The summed E-state index contributed by atoms with van der Waals surface area (Å²) >= 11 is 0. The Balaban J connectivity index is 2.14. The summed E-state index contributed by atoms with van der Waals surface area (Å²) in [6, 6.07) is 25.4. The van der Waals surface area contributed by atoms with Crippen molar-refractivity contribution in [3.8, 4) is 0 Å². The molecule has 113 valence electrons. The van der Waals surface area contributed by atoms with Crippen LogP contribution in [-0.2, 0) is 0 Å². The van der Waals surface area contributed by atoms with Gasteiger partial charge in [0, 0.05) is 17.1 Å². The fraction of sp³-hybridized carbons (Fsp3) is 0.0909. The molecule has 0 unspecified atom stereocenters. The van der Waals surface area contributed by atoms with Crippen LogP contribution in [0.4, 0.5) is 17.1 Å². The molecule has 0 aromatic heterocycles. The van der Waals surface area contributed by atoms with Crippen LogP contribution in [0.1, 0.15) is 16.7 Å². The summed E-state index contributed by atoms with van der Waals surface area (Å²) in [6.45, 7) is 9.83. The van der Waals surface area contributed by atoms with Gasteiger partial charge in [0.2, 0.25) is 0 Å². The third-order valence-corrected chi connectivity index (χ3v) is 3.86. The standard InChI is InChI=1S/C22H20N/c1-4-19-11-13-20(14-12-19)23(21-9-5-7-17(2)15-21)22-10-6-8-18(3)16-22/h1,4-16H,2-3H3. The smallest absolute Gasteiger partial charge is 0.0464 e. The minimum Gasteiger partial charge on any atom is -0.310 e. The first-order valence-electron chi connectivity index (χ1n) is 7.76. The average Bonchev–Trinajstić information content (AvgIpc) is 2.56. The molecule has 3 aromatic rings. The summed E-state index contributed by atoms with van der Waals surface area (Å²) in [6.07, 6.45) is 1.62. The Morgan fingerprint density at radius 2 is 1.22 bits per heavy atom. The molecule has 3 aromatic carbocycles. The maximum absolute atomic E-state index is 5.60. The SMILES string of the molecule is [CH]=Cc1ccc(N(c2cccc(C)c2)c2cccc(C)c2)cc1. The van der Waals surface area contributed by atoms with Crippen LogP contribution in [0, 0.1) is 20.4 Å². The Morgan fingerprint density at radius 3 is 1.65 bits per heavy atom. The van der Waals surface area contributed by atoms with E-state index in [1.165, 1.54) is 11.1 Å². The van der Waals surface area contributed by atoms with Gasteiger partial charge in [0.25, 0.3) is 0 Å². The van der Waals surface area contributed by atoms with Gasteiger partial charge in [-0.25, -0.2) is 0 Å². The van der Waals surface area contributed by atoms with Crippen LogP contribution in [0.25, 0.3) is 6.08 Å². The van der Waals surface area contributed by atoms with Gasteiger partial charge in [-0.05, 0) is 66.9 Å². The summed E-state index contributed by atoms with van der Waals surface area (Å²) in [7, 11) is 0. The van der Waals surface area contributed by atoms with Gasteiger partial charge in [-0.15, -0.1) is 0 Å². The van der Waals surface area contributed by atoms with Crippen LogP contribution in [0.2, 0.25) is 0 Å². The fourth-order valence-electron chi connectivity index (χ4n) is 2.72. The first-order chi connectivity index (χ1) is 11.2. The predicted molar refractivity (Wildman–Crippen MR) is 99.4 cm³/mol. The van der Waals surface area contributed by atoms with Gasteiger partial charge in [0.05, 0.1) is 0 Å². The summed E-state index contributed by atoms with van der Waals surface area (Å²) in [5.41, 5.74) is 6.92. The van der Waals surface area contributed by atoms with Gasteiger partial charge in [0.1, 0.15) is 0 Å². The van der Waals surface area contributed by atoms with Crippen molar-refractivity contribution in [1.82, 2.24) is 0 Å². The quantitative estimate of drug-likeness (QED) is 0.552. The highest BCUT2D eigenvalue weighted by Crippen LogP contribution is 2.35. The molecule has 1 radical (unpaired) electrons. The molecule has 0 amide bonds. The van der Waals surface area contributed by atoms with Gasteiger partial charge in [0.15, 0.2) is 0 Å². The van der Waals surface area contributed by atoms with Crippen molar-refractivity contribution >= 4 is 23.1 Å². The zero-order chi connectivity index (χ0) is 16.2. The number of aryl methyl sites for hydroxylation is 2. The Morgan fingerprint density at radius 1 is 0.696 bits per heavy atom. The molecule has 1 nitrogen and oxygen atoms in total. The highest BCUT2D eigenvalue weighted by molar-refractivity contribution is 5.77. The number of nitrogens with zero attached hydrogens (tertiary/aromatic N) is 1. The molecular formula is C22H20N. The van der Waals surface area contributed by atoms with Crippen molar-refractivity contribution in [3.63, 3.8) is 0 Å². The van der Waals surface area contributed by atoms with Gasteiger partial charge in [-0.2, -0.15) is 0 Å². The zero-order valence-electron chi connectivity index (χ0n) is 13.5. The third kappa shape index (κ3) is 3.35. The molecule has 0 fully saturated rings. The number of hydrogen-bond acceptors (Lipinski definition) is 1. The van der Waals surface area contributed by atoms with Gasteiger partial charge < -0.3 is 4.90 Å². The molecule has 0 aliphatic rings. The van der Waals surface area contributed by atoms with Crippen LogP contribution in [0.5, 0.6) is 0 Å². The van der Waals surface area contributed by atoms with E-state index in [0.717, 1.165) is 22.6 Å². The van der Waals surface area contributed by atoms with Crippen molar-refractivity contribution in [1.29, 1.82) is 0 Å². The lowest BCUT2D eigenvalue weighted by molar-refractivity contribution is 1.26. The Labute approximate surface area is 138 Å². The summed E-state index contributed by atoms with van der Waals surface area (Å²) < 4.78 is 0. The van der Waals surface area contributed by atoms with Crippen molar-refractivity contribution in [3.05, 3.63) is 96.1 Å². The van der Waals surface area contributed by atoms with Gasteiger partial charge >= 0.3 is 0 Å². The molecular weight excluding hydrogens is 278 g/mol. The molecule has 0 N–H and O–H groups in total. The zero-order valence-corrected chi connectivity index (χ0v) is 13.5. The van der Waals surface area contributed by atoms with Crippen LogP contribution in [0.15, 0.2) is 72.8 Å². The summed E-state index contributed by atoms with van der Waals surface area (Å²) in [4.78, 5) is 2.26. The molecule has 23 heavy (non-hydrogen) atoms. The number of rotatable bonds is 4. The first-order valence-corrected chi connectivity index (χ1v) is 7.76. The maximum atomic E-state index is 5.60. The van der Waals surface area contributed by atoms with E-state index in [1.807, 2.05) is 12.1 Å². The molecule has 0 heterocycles. The van der Waals surface area contributed by atoms with Crippen LogP contribution >= 0.6 is 0 Å². The van der Waals surface area contributed by atoms with Gasteiger partial charge in [-0.3, -0.25) is 0 Å². The molecule has 0 aliphatic carbocycles. The average molecular weight is 298 g/mol. The van der Waals surface area contributed by atoms with Crippen LogP contribution in [-0.4, -0.2) is 0 Å². The summed E-state index contributed by atoms with van der Waals surface area (Å²) in [5, 5.41) is 0. The van der Waals surface area contributed by atoms with E-state index in [1.54, 1.807) is 6.08 Å². The van der Waals surface area contributed by atoms with E-state index < -0.39 is 0 Å². The van der Waals surface area contributed by atoms with Gasteiger partial charge in [-0.1, -0.05) is 49.1 Å². The molecule has 0 spiro atoms. The van der Waals surface area contributed by atoms with E-state index >= 15 is 0 Å². The fourth-order valence-corrected chi connectivity index (χ4v) is 2.72. The van der Waals surface area contributed by atoms with Crippen molar-refractivity contribution in [2.75, 3.05) is 4.90 Å². The molecule has 1 heteroatoms. The van der Waals surface area contributed by atoms with Crippen molar-refractivity contribution in [2.24, 2.45) is 0 Å². The Kier molecular flexibility index (Phi) is 4.29. The first kappa shape index (κ1) is 15.1. The summed E-state index contributed by atoms with van der Waals surface area (Å²) in [5.74, 6) is 0. The normalized spacial score (nSPS) is 10.3. The largest absolute Gasteiger partial charge is 0.310 e. The highest BCUT2D eigenvalue weighted by atomic mass is 15.1. The second kappa shape index (κ2) is 6.53. The topological polar surface area (TPSA) is 3.24 Å². The van der Waals surface area contributed by atoms with E-state index in [4.69, 9.17) is 6.58 Å². The lowest BCUT2D eigenvalue weighted by Gasteiger charge is -2.26. The molecule has 0 saturated heterocycles. The van der Waals surface area contributed by atoms with E-state index in [-0.39, 0.29) is 0 Å². The van der Waals surface area contributed by atoms with Crippen molar-refractivity contribution in [2.45, 2.75) is 13.8 Å². The van der Waals surface area contributed by atoms with Crippen LogP contribution < -0.4 is 4.90 Å². The molecule has 0 saturated carbocycles. The minimum absolute atomic E-state index is 1.02. The van der Waals surface area contributed by atoms with E-state index in [9.17, 15) is 0 Å². The number of hydrogen-bond donors (Lipinski definition) is 0. The predicted octanol–water partition coefficient (Wildman–Crippen LogP) is 6.22. The molecule has 0 atom stereocenters. The number of anilines is 3. The lowest BCUT2D eigenvalue weighted by atomic mass is 10.1. The number of benzene rings is 3. The van der Waals surface area contributed by atoms with Crippen molar-refractivity contribution < 1.29 is 0 Å². The lowest BCUT2D eigenvalue weighted by Crippen LogP contribution is -2.10. The molecule has 3 rings (SSSR count). The maximum Gasteiger partial charge on any atom is 0.0464 e. The highest BCUT2D eigenvalue weighted by Gasteiger charge is 2.12. The molecule has 0 aliphatic heterocycles.